The van der Waals surface area contributed by atoms with Crippen LogP contribution in [-0.2, 0) is 13.0 Å². The molecule has 0 aliphatic rings. The molecule has 1 amide bonds. The first kappa shape index (κ1) is 12.7. The summed E-state index contributed by atoms with van der Waals surface area (Å²) in [5, 5.41) is 6.84. The molecule has 0 atom stereocenters. The number of hydrogen-bond donors (Lipinski definition) is 1. The number of carbonyl (C=O) groups is 1. The molecule has 5 heteroatoms. The van der Waals surface area contributed by atoms with Gasteiger partial charge in [-0.1, -0.05) is 35.7 Å². The molecule has 94 valence electrons. The van der Waals surface area contributed by atoms with Crippen LogP contribution in [0.2, 0.25) is 0 Å². The zero-order chi connectivity index (χ0) is 13.0. The van der Waals surface area contributed by atoms with Crippen LogP contribution < -0.4 is 5.32 Å². The maximum absolute atomic E-state index is 12.0. The second kappa shape index (κ2) is 5.73. The van der Waals surface area contributed by atoms with Gasteiger partial charge in [-0.2, -0.15) is 0 Å². The van der Waals surface area contributed by atoms with Crippen LogP contribution in [0.15, 0.2) is 24.3 Å². The summed E-state index contributed by atoms with van der Waals surface area (Å²) in [7, 11) is 0. The summed E-state index contributed by atoms with van der Waals surface area (Å²) in [5.41, 5.74) is 3.07. The molecule has 0 bridgehead atoms. The Morgan fingerprint density at radius 1 is 1.39 bits per heavy atom. The molecule has 0 spiro atoms. The van der Waals surface area contributed by atoms with Crippen molar-refractivity contribution in [3.8, 4) is 0 Å². The minimum Gasteiger partial charge on any atom is -0.347 e. The van der Waals surface area contributed by atoms with Gasteiger partial charge in [-0.05, 0) is 36.0 Å². The van der Waals surface area contributed by atoms with Gasteiger partial charge in [0, 0.05) is 6.54 Å². The first-order valence-electron chi connectivity index (χ1n) is 5.86. The van der Waals surface area contributed by atoms with Crippen LogP contribution in [0.25, 0.3) is 0 Å². The zero-order valence-corrected chi connectivity index (χ0v) is 11.3. The molecule has 0 saturated carbocycles. The van der Waals surface area contributed by atoms with Crippen molar-refractivity contribution >= 4 is 17.4 Å². The molecule has 0 aliphatic heterocycles. The van der Waals surface area contributed by atoms with E-state index in [1.807, 2.05) is 38.1 Å². The fourth-order valence-electron chi connectivity index (χ4n) is 1.68. The first-order chi connectivity index (χ1) is 8.72. The SMILES string of the molecule is CCc1nnsc1C(=O)NCc1ccccc1C. The Labute approximate surface area is 110 Å². The van der Waals surface area contributed by atoms with Gasteiger partial charge < -0.3 is 5.32 Å². The van der Waals surface area contributed by atoms with Crippen molar-refractivity contribution in [1.82, 2.24) is 14.9 Å². The molecule has 4 nitrogen and oxygen atoms in total. The molecule has 2 rings (SSSR count). The number of amides is 1. The van der Waals surface area contributed by atoms with E-state index in [1.54, 1.807) is 0 Å². The van der Waals surface area contributed by atoms with Gasteiger partial charge in [0.05, 0.1) is 5.69 Å². The average molecular weight is 261 g/mol. The Morgan fingerprint density at radius 3 is 2.89 bits per heavy atom. The van der Waals surface area contributed by atoms with Gasteiger partial charge in [0.2, 0.25) is 0 Å². The van der Waals surface area contributed by atoms with Gasteiger partial charge >= 0.3 is 0 Å². The third kappa shape index (κ3) is 2.73. The smallest absolute Gasteiger partial charge is 0.265 e. The fourth-order valence-corrected chi connectivity index (χ4v) is 2.34. The standard InChI is InChI=1S/C13H15N3OS/c1-3-11-12(18-16-15-11)13(17)14-8-10-7-5-4-6-9(10)2/h4-7H,3,8H2,1-2H3,(H,14,17). The highest BCUT2D eigenvalue weighted by atomic mass is 32.1. The Balaban J connectivity index is 2.03. The van der Waals surface area contributed by atoms with Crippen LogP contribution >= 0.6 is 11.5 Å². The van der Waals surface area contributed by atoms with E-state index in [4.69, 9.17) is 0 Å². The molecular formula is C13H15N3OS. The van der Waals surface area contributed by atoms with Crippen molar-refractivity contribution in [1.29, 1.82) is 0 Å². The molecule has 2 aromatic rings. The summed E-state index contributed by atoms with van der Waals surface area (Å²) >= 11 is 1.15. The van der Waals surface area contributed by atoms with Crippen LogP contribution in [0.3, 0.4) is 0 Å². The highest BCUT2D eigenvalue weighted by Crippen LogP contribution is 2.12. The maximum atomic E-state index is 12.0. The van der Waals surface area contributed by atoms with Crippen LogP contribution in [0.1, 0.15) is 33.4 Å². The highest BCUT2D eigenvalue weighted by molar-refractivity contribution is 7.08. The third-order valence-corrected chi connectivity index (χ3v) is 3.56. The molecule has 0 aliphatic carbocycles. The molecule has 1 N–H and O–H groups in total. The molecule has 0 fully saturated rings. The van der Waals surface area contributed by atoms with E-state index in [0.717, 1.165) is 29.2 Å². The number of carbonyl (C=O) groups excluding carboxylic acids is 1. The molecule has 1 aromatic carbocycles. The van der Waals surface area contributed by atoms with Gasteiger partial charge in [-0.3, -0.25) is 4.79 Å². The van der Waals surface area contributed by atoms with Crippen LogP contribution in [0, 0.1) is 6.92 Å². The van der Waals surface area contributed by atoms with Crippen molar-refractivity contribution in [2.45, 2.75) is 26.8 Å². The summed E-state index contributed by atoms with van der Waals surface area (Å²) in [5.74, 6) is -0.0925. The molecule has 0 unspecified atom stereocenters. The second-order valence-electron chi connectivity index (χ2n) is 4.01. The Hall–Kier alpha value is -1.75. The fraction of sp³-hybridized carbons (Fsp3) is 0.308. The van der Waals surface area contributed by atoms with E-state index in [1.165, 1.54) is 5.56 Å². The lowest BCUT2D eigenvalue weighted by Gasteiger charge is -2.06. The number of rotatable bonds is 4. The van der Waals surface area contributed by atoms with Crippen molar-refractivity contribution in [2.24, 2.45) is 0 Å². The minimum absolute atomic E-state index is 0.0925. The summed E-state index contributed by atoms with van der Waals surface area (Å²) in [6.45, 7) is 4.54. The van der Waals surface area contributed by atoms with Gasteiger partial charge in [0.15, 0.2) is 0 Å². The monoisotopic (exact) mass is 261 g/mol. The third-order valence-electron chi connectivity index (χ3n) is 2.80. The van der Waals surface area contributed by atoms with E-state index in [2.05, 4.69) is 14.9 Å². The molecule has 1 aromatic heterocycles. The lowest BCUT2D eigenvalue weighted by atomic mass is 10.1. The van der Waals surface area contributed by atoms with E-state index in [0.29, 0.717) is 11.4 Å². The predicted octanol–water partition coefficient (Wildman–Crippen LogP) is 2.34. The van der Waals surface area contributed by atoms with Crippen LogP contribution in [-0.4, -0.2) is 15.5 Å². The van der Waals surface area contributed by atoms with Crippen molar-refractivity contribution < 1.29 is 4.79 Å². The van der Waals surface area contributed by atoms with E-state index < -0.39 is 0 Å². The topological polar surface area (TPSA) is 54.9 Å². The maximum Gasteiger partial charge on any atom is 0.265 e. The number of aromatic nitrogens is 2. The van der Waals surface area contributed by atoms with Crippen molar-refractivity contribution in [3.05, 3.63) is 46.0 Å². The van der Waals surface area contributed by atoms with E-state index in [-0.39, 0.29) is 5.91 Å². The normalized spacial score (nSPS) is 10.3. The lowest BCUT2D eigenvalue weighted by Crippen LogP contribution is -2.23. The van der Waals surface area contributed by atoms with E-state index in [9.17, 15) is 4.79 Å². The summed E-state index contributed by atoms with van der Waals surface area (Å²) in [6.07, 6.45) is 0.726. The number of benzene rings is 1. The summed E-state index contributed by atoms with van der Waals surface area (Å²) in [4.78, 5) is 12.6. The summed E-state index contributed by atoms with van der Waals surface area (Å²) < 4.78 is 3.82. The predicted molar refractivity (Wildman–Crippen MR) is 71.6 cm³/mol. The lowest BCUT2D eigenvalue weighted by molar-refractivity contribution is 0.0954. The molecule has 18 heavy (non-hydrogen) atoms. The second-order valence-corrected chi connectivity index (χ2v) is 4.77. The molecule has 0 saturated heterocycles. The Kier molecular flexibility index (Phi) is 4.04. The number of aryl methyl sites for hydroxylation is 2. The van der Waals surface area contributed by atoms with Crippen molar-refractivity contribution in [2.75, 3.05) is 0 Å². The van der Waals surface area contributed by atoms with E-state index >= 15 is 0 Å². The largest absolute Gasteiger partial charge is 0.347 e. The quantitative estimate of drug-likeness (QED) is 0.919. The van der Waals surface area contributed by atoms with Crippen molar-refractivity contribution in [3.63, 3.8) is 0 Å². The zero-order valence-electron chi connectivity index (χ0n) is 10.4. The van der Waals surface area contributed by atoms with Gasteiger partial charge in [-0.25, -0.2) is 0 Å². The molecular weight excluding hydrogens is 246 g/mol. The van der Waals surface area contributed by atoms with Crippen LogP contribution in [0.5, 0.6) is 0 Å². The first-order valence-corrected chi connectivity index (χ1v) is 6.63. The van der Waals surface area contributed by atoms with Crippen LogP contribution in [0.4, 0.5) is 0 Å². The minimum atomic E-state index is -0.0925. The number of hydrogen-bond acceptors (Lipinski definition) is 4. The molecule has 0 radical (unpaired) electrons. The number of nitrogens with one attached hydrogen (secondary N) is 1. The van der Waals surface area contributed by atoms with Gasteiger partial charge in [-0.15, -0.1) is 5.10 Å². The number of nitrogens with zero attached hydrogens (tertiary/aromatic N) is 2. The van der Waals surface area contributed by atoms with Gasteiger partial charge in [0.25, 0.3) is 5.91 Å². The Morgan fingerprint density at radius 2 is 2.17 bits per heavy atom. The Bertz CT molecular complexity index is 551. The molecule has 1 heterocycles. The summed E-state index contributed by atoms with van der Waals surface area (Å²) in [6, 6.07) is 8.01. The average Bonchev–Trinajstić information content (AvgIpc) is 2.86. The highest BCUT2D eigenvalue weighted by Gasteiger charge is 2.14. The van der Waals surface area contributed by atoms with Gasteiger partial charge in [0.1, 0.15) is 4.88 Å².